The molecule has 2 aromatic rings. The number of fused-ring (bicyclic) bond motifs is 1. The number of nitrogens with zero attached hydrogens (tertiary/aromatic N) is 1. The van der Waals surface area contributed by atoms with Gasteiger partial charge in [0.15, 0.2) is 0 Å². The van der Waals surface area contributed by atoms with Crippen LogP contribution in [0, 0.1) is 5.82 Å². The van der Waals surface area contributed by atoms with Gasteiger partial charge in [-0.3, -0.25) is 0 Å². The van der Waals surface area contributed by atoms with Gasteiger partial charge in [-0.05, 0) is 48.6 Å². The van der Waals surface area contributed by atoms with Crippen molar-refractivity contribution < 1.29 is 4.39 Å². The zero-order valence-corrected chi connectivity index (χ0v) is 14.0. The number of nitrogens with one attached hydrogen (secondary N) is 1. The fourth-order valence-corrected chi connectivity index (χ4v) is 3.05. The minimum absolute atomic E-state index is 0.128. The van der Waals surface area contributed by atoms with Crippen molar-refractivity contribution in [1.82, 2.24) is 5.32 Å². The number of halogens is 1. The summed E-state index contributed by atoms with van der Waals surface area (Å²) in [6, 6.07) is 14.4. The SMILES string of the molecule is CCC(C)NCc1ccc(F)c(N2CCc3ccccc3C2)c1. The van der Waals surface area contributed by atoms with E-state index in [1.807, 2.05) is 12.1 Å². The first kappa shape index (κ1) is 16.0. The second-order valence-corrected chi connectivity index (χ2v) is 6.42. The van der Waals surface area contributed by atoms with Crippen LogP contribution in [0.3, 0.4) is 0 Å². The molecule has 1 N–H and O–H groups in total. The summed E-state index contributed by atoms with van der Waals surface area (Å²) >= 11 is 0. The Kier molecular flexibility index (Phi) is 4.97. The molecule has 0 aromatic heterocycles. The third kappa shape index (κ3) is 3.73. The lowest BCUT2D eigenvalue weighted by Crippen LogP contribution is -2.31. The van der Waals surface area contributed by atoms with Crippen molar-refractivity contribution in [2.24, 2.45) is 0 Å². The van der Waals surface area contributed by atoms with Crippen molar-refractivity contribution in [2.75, 3.05) is 11.4 Å². The minimum Gasteiger partial charge on any atom is -0.364 e. The molecular formula is C20H25FN2. The number of hydrogen-bond donors (Lipinski definition) is 1. The van der Waals surface area contributed by atoms with Crippen molar-refractivity contribution in [3.63, 3.8) is 0 Å². The van der Waals surface area contributed by atoms with Crippen LogP contribution in [0.5, 0.6) is 0 Å². The summed E-state index contributed by atoms with van der Waals surface area (Å²) in [6.07, 6.45) is 2.07. The lowest BCUT2D eigenvalue weighted by molar-refractivity contribution is 0.533. The summed E-state index contributed by atoms with van der Waals surface area (Å²) in [7, 11) is 0. The molecule has 0 radical (unpaired) electrons. The first-order chi connectivity index (χ1) is 11.2. The lowest BCUT2D eigenvalue weighted by atomic mass is 9.99. The standard InChI is InChI=1S/C20H25FN2/c1-3-15(2)22-13-16-8-9-19(21)20(12-16)23-11-10-17-6-4-5-7-18(17)14-23/h4-9,12,15,22H,3,10-11,13-14H2,1-2H3. The zero-order valence-electron chi connectivity index (χ0n) is 14.0. The average Bonchev–Trinajstić information content (AvgIpc) is 2.60. The fourth-order valence-electron chi connectivity index (χ4n) is 3.05. The summed E-state index contributed by atoms with van der Waals surface area (Å²) in [5.74, 6) is -0.128. The molecule has 0 bridgehead atoms. The molecule has 0 spiro atoms. The highest BCUT2D eigenvalue weighted by Gasteiger charge is 2.19. The molecule has 1 aliphatic heterocycles. The monoisotopic (exact) mass is 312 g/mol. The topological polar surface area (TPSA) is 15.3 Å². The maximum Gasteiger partial charge on any atom is 0.146 e. The van der Waals surface area contributed by atoms with Crippen molar-refractivity contribution in [3.05, 3.63) is 65.0 Å². The highest BCUT2D eigenvalue weighted by atomic mass is 19.1. The molecule has 0 fully saturated rings. The predicted molar refractivity (Wildman–Crippen MR) is 94.2 cm³/mol. The molecule has 122 valence electrons. The first-order valence-electron chi connectivity index (χ1n) is 8.51. The van der Waals surface area contributed by atoms with E-state index in [0.29, 0.717) is 6.04 Å². The maximum atomic E-state index is 14.3. The molecule has 2 aromatic carbocycles. The van der Waals surface area contributed by atoms with Gasteiger partial charge in [-0.25, -0.2) is 4.39 Å². The van der Waals surface area contributed by atoms with Crippen LogP contribution in [0.4, 0.5) is 10.1 Å². The second kappa shape index (κ2) is 7.14. The Hall–Kier alpha value is -1.87. The van der Waals surface area contributed by atoms with E-state index in [-0.39, 0.29) is 5.82 Å². The highest BCUT2D eigenvalue weighted by Crippen LogP contribution is 2.27. The number of hydrogen-bond acceptors (Lipinski definition) is 2. The van der Waals surface area contributed by atoms with Crippen LogP contribution in [-0.4, -0.2) is 12.6 Å². The summed E-state index contributed by atoms with van der Waals surface area (Å²) < 4.78 is 14.3. The van der Waals surface area contributed by atoms with Crippen LogP contribution in [0.15, 0.2) is 42.5 Å². The highest BCUT2D eigenvalue weighted by molar-refractivity contribution is 5.52. The Labute approximate surface area is 138 Å². The van der Waals surface area contributed by atoms with Gasteiger partial charge in [0.05, 0.1) is 5.69 Å². The molecule has 1 unspecified atom stereocenters. The van der Waals surface area contributed by atoms with Gasteiger partial charge in [0.25, 0.3) is 0 Å². The lowest BCUT2D eigenvalue weighted by Gasteiger charge is -2.31. The molecule has 0 saturated carbocycles. The normalized spacial score (nSPS) is 15.3. The molecule has 1 atom stereocenters. The van der Waals surface area contributed by atoms with E-state index in [0.717, 1.165) is 43.7 Å². The molecule has 0 aliphatic carbocycles. The van der Waals surface area contributed by atoms with Crippen LogP contribution < -0.4 is 10.2 Å². The second-order valence-electron chi connectivity index (χ2n) is 6.42. The minimum atomic E-state index is -0.128. The van der Waals surface area contributed by atoms with Gasteiger partial charge in [-0.2, -0.15) is 0 Å². The third-order valence-electron chi connectivity index (χ3n) is 4.75. The largest absolute Gasteiger partial charge is 0.364 e. The van der Waals surface area contributed by atoms with E-state index < -0.39 is 0 Å². The predicted octanol–water partition coefficient (Wildman–Crippen LogP) is 4.28. The van der Waals surface area contributed by atoms with Crippen molar-refractivity contribution in [2.45, 2.75) is 45.8 Å². The molecule has 3 rings (SSSR count). The molecule has 0 saturated heterocycles. The van der Waals surface area contributed by atoms with Crippen LogP contribution in [0.1, 0.15) is 37.0 Å². The van der Waals surface area contributed by atoms with E-state index in [4.69, 9.17) is 0 Å². The number of rotatable bonds is 5. The van der Waals surface area contributed by atoms with Crippen LogP contribution in [0.25, 0.3) is 0 Å². The molecule has 1 heterocycles. The summed E-state index contributed by atoms with van der Waals surface area (Å²) in [5, 5.41) is 3.47. The van der Waals surface area contributed by atoms with E-state index >= 15 is 0 Å². The Morgan fingerprint density at radius 2 is 1.96 bits per heavy atom. The van der Waals surface area contributed by atoms with E-state index in [9.17, 15) is 4.39 Å². The molecule has 0 amide bonds. The van der Waals surface area contributed by atoms with Gasteiger partial charge >= 0.3 is 0 Å². The summed E-state index contributed by atoms with van der Waals surface area (Å²) in [6.45, 7) is 6.78. The third-order valence-corrected chi connectivity index (χ3v) is 4.75. The molecule has 23 heavy (non-hydrogen) atoms. The summed E-state index contributed by atoms with van der Waals surface area (Å²) in [5.41, 5.74) is 4.56. The molecule has 1 aliphatic rings. The zero-order chi connectivity index (χ0) is 16.2. The molecular weight excluding hydrogens is 287 g/mol. The van der Waals surface area contributed by atoms with Gasteiger partial charge in [-0.1, -0.05) is 37.3 Å². The fraction of sp³-hybridized carbons (Fsp3) is 0.400. The van der Waals surface area contributed by atoms with E-state index in [2.05, 4.69) is 48.3 Å². The van der Waals surface area contributed by atoms with Crippen molar-refractivity contribution in [3.8, 4) is 0 Å². The van der Waals surface area contributed by atoms with Crippen LogP contribution >= 0.6 is 0 Å². The number of anilines is 1. The Bertz CT molecular complexity index is 668. The number of benzene rings is 2. The van der Waals surface area contributed by atoms with Crippen molar-refractivity contribution >= 4 is 5.69 Å². The van der Waals surface area contributed by atoms with Gasteiger partial charge < -0.3 is 10.2 Å². The van der Waals surface area contributed by atoms with Gasteiger partial charge in [0.1, 0.15) is 5.82 Å². The van der Waals surface area contributed by atoms with Gasteiger partial charge in [-0.15, -0.1) is 0 Å². The summed E-state index contributed by atoms with van der Waals surface area (Å²) in [4.78, 5) is 2.16. The Morgan fingerprint density at radius 3 is 2.74 bits per heavy atom. The maximum absolute atomic E-state index is 14.3. The van der Waals surface area contributed by atoms with E-state index in [1.54, 1.807) is 6.07 Å². The van der Waals surface area contributed by atoms with Crippen LogP contribution in [-0.2, 0) is 19.5 Å². The first-order valence-corrected chi connectivity index (χ1v) is 8.51. The average molecular weight is 312 g/mol. The molecule has 3 heteroatoms. The van der Waals surface area contributed by atoms with Crippen LogP contribution in [0.2, 0.25) is 0 Å². The van der Waals surface area contributed by atoms with Gasteiger partial charge in [0.2, 0.25) is 0 Å². The van der Waals surface area contributed by atoms with Crippen molar-refractivity contribution in [1.29, 1.82) is 0 Å². The Balaban J connectivity index is 1.77. The quantitative estimate of drug-likeness (QED) is 0.886. The Morgan fingerprint density at radius 1 is 1.17 bits per heavy atom. The smallest absolute Gasteiger partial charge is 0.146 e. The van der Waals surface area contributed by atoms with Gasteiger partial charge in [0, 0.05) is 25.7 Å². The molecule has 2 nitrogen and oxygen atoms in total. The van der Waals surface area contributed by atoms with E-state index in [1.165, 1.54) is 11.1 Å².